The molecule has 0 amide bonds. The molecule has 11 nitrogen and oxygen atoms in total. The number of ether oxygens (including phenoxy) is 1. The zero-order valence-corrected chi connectivity index (χ0v) is 21.7. The van der Waals surface area contributed by atoms with Crippen molar-refractivity contribution in [3.63, 3.8) is 0 Å². The number of alkyl halides is 3. The van der Waals surface area contributed by atoms with E-state index in [4.69, 9.17) is 4.43 Å². The third-order valence-corrected chi connectivity index (χ3v) is 10.5. The summed E-state index contributed by atoms with van der Waals surface area (Å²) >= 11 is 0. The van der Waals surface area contributed by atoms with Crippen molar-refractivity contribution in [1.29, 1.82) is 0 Å². The third kappa shape index (κ3) is 8.56. The smallest absolute Gasteiger partial charge is 0.416 e. The minimum Gasteiger partial charge on any atom is -0.416 e. The van der Waals surface area contributed by atoms with Gasteiger partial charge in [-0.15, -0.1) is 13.2 Å². The van der Waals surface area contributed by atoms with Gasteiger partial charge in [-0.25, -0.2) is 4.57 Å². The minimum absolute atomic E-state index is 0.00398. The van der Waals surface area contributed by atoms with Crippen LogP contribution in [0, 0.1) is 20.2 Å². The van der Waals surface area contributed by atoms with Gasteiger partial charge >= 0.3 is 18.1 Å². The molecule has 36 heavy (non-hydrogen) atoms. The van der Waals surface area contributed by atoms with Crippen molar-refractivity contribution < 1.29 is 32.2 Å². The van der Waals surface area contributed by atoms with Crippen molar-refractivity contribution >= 4 is 20.1 Å². The number of hydrogen-bond donors (Lipinski definition) is 0. The highest BCUT2D eigenvalue weighted by molar-refractivity contribution is 6.74. The van der Waals surface area contributed by atoms with E-state index in [1.54, 1.807) is 6.07 Å². The molecule has 0 aliphatic carbocycles. The molecule has 0 atom stereocenters. The van der Waals surface area contributed by atoms with Crippen molar-refractivity contribution in [2.24, 2.45) is 0 Å². The Hall–Kier alpha value is -3.04. The molecule has 1 aromatic heterocycles. The van der Waals surface area contributed by atoms with E-state index < -0.39 is 36.3 Å². The van der Waals surface area contributed by atoms with Crippen LogP contribution in [0.25, 0.3) is 0 Å². The maximum Gasteiger partial charge on any atom is 0.573 e. The number of hydrogen-bond acceptors (Lipinski definition) is 8. The van der Waals surface area contributed by atoms with Crippen LogP contribution in [-0.2, 0) is 17.5 Å². The standard InChI is InChI=1S/C21H30F3N5O6Si/c1-20(2,3)36(4,5)34-12-11-26(14-16-7-6-8-17(13-16)35-21(22,23)24)9-10-27-15-18(28(30)31)25-19(27)29(32)33/h6-8,13,15H,9-12,14H2,1-5H3. The van der Waals surface area contributed by atoms with E-state index in [0.717, 1.165) is 10.8 Å². The molecule has 0 aliphatic rings. The lowest BCUT2D eigenvalue weighted by Gasteiger charge is -2.36. The first-order valence-electron chi connectivity index (χ1n) is 11.1. The van der Waals surface area contributed by atoms with Gasteiger partial charge in [0.05, 0.1) is 6.54 Å². The topological polar surface area (TPSA) is 126 Å². The van der Waals surface area contributed by atoms with E-state index in [-0.39, 0.29) is 30.4 Å². The molecule has 15 heteroatoms. The average Bonchev–Trinajstić information content (AvgIpc) is 3.15. The van der Waals surface area contributed by atoms with Gasteiger partial charge in [0, 0.05) is 26.2 Å². The second-order valence-corrected chi connectivity index (χ2v) is 14.5. The Labute approximate surface area is 207 Å². The fourth-order valence-corrected chi connectivity index (χ4v) is 4.09. The van der Waals surface area contributed by atoms with E-state index in [2.05, 4.69) is 43.6 Å². The molecule has 1 aromatic carbocycles. The molecule has 0 fully saturated rings. The third-order valence-electron chi connectivity index (χ3n) is 5.97. The number of imidazole rings is 1. The average molecular weight is 534 g/mol. The molecule has 1 heterocycles. The number of aromatic nitrogens is 2. The summed E-state index contributed by atoms with van der Waals surface area (Å²) in [5.41, 5.74) is 0.523. The Morgan fingerprint density at radius 2 is 1.78 bits per heavy atom. The predicted molar refractivity (Wildman–Crippen MR) is 127 cm³/mol. The summed E-state index contributed by atoms with van der Waals surface area (Å²) in [5.74, 6) is -1.68. The van der Waals surface area contributed by atoms with Gasteiger partial charge in [-0.05, 0) is 50.7 Å². The number of nitro groups is 2. The minimum atomic E-state index is -4.83. The van der Waals surface area contributed by atoms with E-state index in [1.807, 2.05) is 4.90 Å². The van der Waals surface area contributed by atoms with Crippen molar-refractivity contribution in [2.45, 2.75) is 58.4 Å². The molecule has 0 aliphatic heterocycles. The molecule has 0 bridgehead atoms. The maximum atomic E-state index is 12.6. The van der Waals surface area contributed by atoms with Crippen LogP contribution in [0.3, 0.4) is 0 Å². The van der Waals surface area contributed by atoms with Crippen LogP contribution in [0.15, 0.2) is 30.5 Å². The second kappa shape index (κ2) is 11.3. The van der Waals surface area contributed by atoms with Crippen LogP contribution in [0.5, 0.6) is 5.75 Å². The van der Waals surface area contributed by atoms with Crippen molar-refractivity contribution in [2.75, 3.05) is 19.7 Å². The van der Waals surface area contributed by atoms with Crippen LogP contribution in [0.1, 0.15) is 26.3 Å². The summed E-state index contributed by atoms with van der Waals surface area (Å²) in [5, 5.41) is 22.3. The summed E-state index contributed by atoms with van der Waals surface area (Å²) in [7, 11) is -2.07. The fraction of sp³-hybridized carbons (Fsp3) is 0.571. The summed E-state index contributed by atoms with van der Waals surface area (Å²) in [4.78, 5) is 26.0. The van der Waals surface area contributed by atoms with E-state index in [1.165, 1.54) is 18.2 Å². The maximum absolute atomic E-state index is 12.6. The van der Waals surface area contributed by atoms with E-state index >= 15 is 0 Å². The Kier molecular flexibility index (Phi) is 9.20. The molecule has 0 radical (unpaired) electrons. The Morgan fingerprint density at radius 1 is 1.11 bits per heavy atom. The summed E-state index contributed by atoms with van der Waals surface area (Å²) in [6.45, 7) is 11.5. The molecule has 0 saturated carbocycles. The molecule has 0 saturated heterocycles. The Bertz CT molecular complexity index is 1070. The van der Waals surface area contributed by atoms with Gasteiger partial charge in [0.2, 0.25) is 0 Å². The Morgan fingerprint density at radius 3 is 2.33 bits per heavy atom. The van der Waals surface area contributed by atoms with Crippen LogP contribution in [-0.4, -0.2) is 58.7 Å². The summed E-state index contributed by atoms with van der Waals surface area (Å²) < 4.78 is 49.1. The normalized spacial score (nSPS) is 12.7. The Balaban J connectivity index is 2.21. The highest BCUT2D eigenvalue weighted by Crippen LogP contribution is 2.36. The highest BCUT2D eigenvalue weighted by atomic mass is 28.4. The number of nitrogens with zero attached hydrogens (tertiary/aromatic N) is 5. The zero-order chi connectivity index (χ0) is 27.3. The van der Waals surface area contributed by atoms with Crippen LogP contribution in [0.4, 0.5) is 24.9 Å². The van der Waals surface area contributed by atoms with Crippen LogP contribution in [0.2, 0.25) is 18.1 Å². The predicted octanol–water partition coefficient (Wildman–Crippen LogP) is 5.12. The van der Waals surface area contributed by atoms with Crippen molar-refractivity contribution in [1.82, 2.24) is 14.5 Å². The number of rotatable bonds is 12. The van der Waals surface area contributed by atoms with Crippen molar-refractivity contribution in [3.8, 4) is 5.75 Å². The molecular formula is C21H30F3N5O6Si. The van der Waals surface area contributed by atoms with Gasteiger partial charge in [-0.3, -0.25) is 4.90 Å². The highest BCUT2D eigenvalue weighted by Gasteiger charge is 2.37. The molecular weight excluding hydrogens is 503 g/mol. The number of benzene rings is 1. The second-order valence-electron chi connectivity index (χ2n) is 9.69. The lowest BCUT2D eigenvalue weighted by Crippen LogP contribution is -2.43. The van der Waals surface area contributed by atoms with Gasteiger partial charge in [0.15, 0.2) is 14.5 Å². The number of halogens is 3. The van der Waals surface area contributed by atoms with Crippen molar-refractivity contribution in [3.05, 3.63) is 56.3 Å². The first-order chi connectivity index (χ1) is 16.5. The van der Waals surface area contributed by atoms with Gasteiger partial charge in [0.1, 0.15) is 5.75 Å². The molecule has 2 aromatic rings. The molecule has 0 spiro atoms. The first kappa shape index (κ1) is 29.2. The largest absolute Gasteiger partial charge is 0.573 e. The quantitative estimate of drug-likeness (QED) is 0.209. The van der Waals surface area contributed by atoms with Crippen LogP contribution >= 0.6 is 0 Å². The molecule has 0 N–H and O–H groups in total. The van der Waals surface area contributed by atoms with E-state index in [0.29, 0.717) is 18.7 Å². The summed E-state index contributed by atoms with van der Waals surface area (Å²) in [6, 6.07) is 5.52. The van der Waals surface area contributed by atoms with Gasteiger partial charge < -0.3 is 29.4 Å². The van der Waals surface area contributed by atoms with E-state index in [9.17, 15) is 33.4 Å². The zero-order valence-electron chi connectivity index (χ0n) is 20.7. The van der Waals surface area contributed by atoms with Gasteiger partial charge in [-0.2, -0.15) is 0 Å². The first-order valence-corrected chi connectivity index (χ1v) is 14.0. The van der Waals surface area contributed by atoms with Crippen LogP contribution < -0.4 is 4.74 Å². The summed E-state index contributed by atoms with van der Waals surface area (Å²) in [6.07, 6.45) is -3.84. The lowest BCUT2D eigenvalue weighted by molar-refractivity contribution is -0.403. The molecule has 200 valence electrons. The lowest BCUT2D eigenvalue weighted by atomic mass is 10.2. The monoisotopic (exact) mass is 533 g/mol. The molecule has 0 unspecified atom stereocenters. The van der Waals surface area contributed by atoms with Gasteiger partial charge in [-0.1, -0.05) is 32.9 Å². The fourth-order valence-electron chi connectivity index (χ4n) is 3.06. The SMILES string of the molecule is CC(C)(C)[Si](C)(C)OCCN(CCn1cc([N+](=O)[O-])nc1[N+](=O)[O-])Cc1cccc(OC(F)(F)F)c1. The van der Waals surface area contributed by atoms with Gasteiger partial charge in [0.25, 0.3) is 0 Å². The molecule has 2 rings (SSSR count).